The molecule has 9 heteroatoms. The van der Waals surface area contributed by atoms with Crippen LogP contribution in [-0.4, -0.2) is 33.3 Å². The minimum absolute atomic E-state index is 0.00267. The molecule has 2 N–H and O–H groups in total. The molecule has 1 aliphatic carbocycles. The van der Waals surface area contributed by atoms with E-state index in [1.807, 2.05) is 0 Å². The Morgan fingerprint density at radius 2 is 2.29 bits per heavy atom. The number of fused-ring (bicyclic) bond motifs is 1. The molecular weight excluding hydrogens is 348 g/mol. The van der Waals surface area contributed by atoms with Gasteiger partial charge >= 0.3 is 6.03 Å². The summed E-state index contributed by atoms with van der Waals surface area (Å²) in [6.07, 6.45) is 3.51. The first-order valence-electron chi connectivity index (χ1n) is 7.40. The number of urea groups is 1. The highest BCUT2D eigenvalue weighted by atomic mass is 32.2. The van der Waals surface area contributed by atoms with Crippen molar-refractivity contribution >= 4 is 45.3 Å². The second kappa shape index (κ2) is 7.18. The topological polar surface area (TPSA) is 93.1 Å². The largest absolute Gasteiger partial charge is 0.335 e. The van der Waals surface area contributed by atoms with Crippen molar-refractivity contribution in [2.24, 2.45) is 0 Å². The fourth-order valence-electron chi connectivity index (χ4n) is 2.07. The first-order valence-corrected chi connectivity index (χ1v) is 9.27. The Hall–Kier alpha value is -2.13. The van der Waals surface area contributed by atoms with Crippen molar-refractivity contribution in [3.63, 3.8) is 0 Å². The second-order valence-corrected chi connectivity index (χ2v) is 7.18. The fourth-order valence-corrected chi connectivity index (χ4v) is 3.65. The molecule has 0 unspecified atom stereocenters. The second-order valence-electron chi connectivity index (χ2n) is 5.32. The molecule has 3 rings (SSSR count). The number of rotatable bonds is 6. The van der Waals surface area contributed by atoms with Crippen LogP contribution in [0.4, 0.5) is 4.79 Å². The van der Waals surface area contributed by atoms with E-state index in [-0.39, 0.29) is 17.4 Å². The van der Waals surface area contributed by atoms with Gasteiger partial charge < -0.3 is 5.32 Å². The molecule has 7 nitrogen and oxygen atoms in total. The minimum atomic E-state index is -0.479. The molecule has 24 heavy (non-hydrogen) atoms. The summed E-state index contributed by atoms with van der Waals surface area (Å²) in [4.78, 5) is 40.3. The van der Waals surface area contributed by atoms with Crippen molar-refractivity contribution in [2.75, 3.05) is 5.75 Å². The van der Waals surface area contributed by atoms with E-state index in [0.29, 0.717) is 21.9 Å². The summed E-state index contributed by atoms with van der Waals surface area (Å²) >= 11 is 2.46. The third kappa shape index (κ3) is 3.85. The molecule has 3 amide bonds. The van der Waals surface area contributed by atoms with Gasteiger partial charge in [0.2, 0.25) is 5.91 Å². The van der Waals surface area contributed by atoms with Crippen molar-refractivity contribution in [3.05, 3.63) is 34.5 Å². The summed E-state index contributed by atoms with van der Waals surface area (Å²) in [5.74, 6) is -0.430. The van der Waals surface area contributed by atoms with Gasteiger partial charge in [-0.15, -0.1) is 17.9 Å². The van der Waals surface area contributed by atoms with Gasteiger partial charge in [0, 0.05) is 12.6 Å². The van der Waals surface area contributed by atoms with E-state index in [1.165, 1.54) is 15.9 Å². The van der Waals surface area contributed by atoms with Crippen molar-refractivity contribution in [2.45, 2.75) is 30.6 Å². The summed E-state index contributed by atoms with van der Waals surface area (Å²) in [5.41, 5.74) is 0.462. The number of nitrogens with zero attached hydrogens (tertiary/aromatic N) is 2. The Balaban J connectivity index is 1.70. The number of allylic oxidation sites excluding steroid dienone is 1. The third-order valence-corrected chi connectivity index (χ3v) is 5.21. The zero-order valence-electron chi connectivity index (χ0n) is 12.8. The smallest absolute Gasteiger partial charge is 0.321 e. The van der Waals surface area contributed by atoms with Gasteiger partial charge in [0.1, 0.15) is 4.70 Å². The number of thiophene rings is 1. The molecule has 0 spiro atoms. The van der Waals surface area contributed by atoms with Gasteiger partial charge in [-0.3, -0.25) is 19.5 Å². The average Bonchev–Trinajstić information content (AvgIpc) is 3.22. The van der Waals surface area contributed by atoms with Crippen molar-refractivity contribution in [1.82, 2.24) is 20.2 Å². The number of hydrogen-bond acceptors (Lipinski definition) is 6. The molecule has 2 heterocycles. The molecule has 0 aliphatic heterocycles. The Morgan fingerprint density at radius 3 is 3.00 bits per heavy atom. The molecule has 0 aromatic carbocycles. The van der Waals surface area contributed by atoms with E-state index < -0.39 is 11.9 Å². The molecule has 0 atom stereocenters. The van der Waals surface area contributed by atoms with Gasteiger partial charge in [0.05, 0.1) is 11.3 Å². The lowest BCUT2D eigenvalue weighted by atomic mass is 10.4. The normalized spacial score (nSPS) is 13.7. The van der Waals surface area contributed by atoms with Crippen LogP contribution in [0.3, 0.4) is 0 Å². The number of carbonyl (C=O) groups is 2. The molecule has 0 bridgehead atoms. The van der Waals surface area contributed by atoms with Gasteiger partial charge in [-0.05, 0) is 24.3 Å². The quantitative estimate of drug-likeness (QED) is 0.462. The molecule has 2 aromatic rings. The summed E-state index contributed by atoms with van der Waals surface area (Å²) < 4.78 is 2.06. The number of hydrogen-bond donors (Lipinski definition) is 2. The van der Waals surface area contributed by atoms with Crippen LogP contribution in [0.25, 0.3) is 10.2 Å². The highest BCUT2D eigenvalue weighted by molar-refractivity contribution is 7.99. The number of aromatic nitrogens is 2. The van der Waals surface area contributed by atoms with Crippen molar-refractivity contribution < 1.29 is 9.59 Å². The Bertz CT molecular complexity index is 854. The zero-order chi connectivity index (χ0) is 17.1. The lowest BCUT2D eigenvalue weighted by Crippen LogP contribution is -2.41. The van der Waals surface area contributed by atoms with Crippen molar-refractivity contribution in [1.29, 1.82) is 0 Å². The van der Waals surface area contributed by atoms with Crippen LogP contribution >= 0.6 is 23.1 Å². The molecule has 0 radical (unpaired) electrons. The van der Waals surface area contributed by atoms with Gasteiger partial charge in [0.15, 0.2) is 5.16 Å². The van der Waals surface area contributed by atoms with Crippen LogP contribution in [-0.2, 0) is 11.3 Å². The zero-order valence-corrected chi connectivity index (χ0v) is 14.4. The van der Waals surface area contributed by atoms with Crippen LogP contribution in [0.2, 0.25) is 0 Å². The summed E-state index contributed by atoms with van der Waals surface area (Å²) in [6, 6.07) is 1.48. The SMILES string of the molecule is C=CCn1c(SCC(=O)NC(=O)NC2CC2)nc2ccsc2c1=O. The van der Waals surface area contributed by atoms with E-state index in [0.717, 1.165) is 24.6 Å². The van der Waals surface area contributed by atoms with Gasteiger partial charge in [-0.1, -0.05) is 17.8 Å². The van der Waals surface area contributed by atoms with Gasteiger partial charge in [-0.2, -0.15) is 0 Å². The van der Waals surface area contributed by atoms with Crippen LogP contribution in [0.15, 0.2) is 34.1 Å². The van der Waals surface area contributed by atoms with Crippen LogP contribution in [0.5, 0.6) is 0 Å². The summed E-state index contributed by atoms with van der Waals surface area (Å²) in [6.45, 7) is 3.96. The van der Waals surface area contributed by atoms with E-state index in [9.17, 15) is 14.4 Å². The van der Waals surface area contributed by atoms with Gasteiger partial charge in [-0.25, -0.2) is 9.78 Å². The highest BCUT2D eigenvalue weighted by Crippen LogP contribution is 2.21. The number of carbonyl (C=O) groups excluding carboxylic acids is 2. The first-order chi connectivity index (χ1) is 11.6. The van der Waals surface area contributed by atoms with Crippen LogP contribution < -0.4 is 16.2 Å². The van der Waals surface area contributed by atoms with Crippen molar-refractivity contribution in [3.8, 4) is 0 Å². The molecule has 1 aliphatic rings. The lowest BCUT2D eigenvalue weighted by molar-refractivity contribution is -0.117. The van der Waals surface area contributed by atoms with Crippen LogP contribution in [0, 0.1) is 0 Å². The maximum atomic E-state index is 12.5. The molecule has 126 valence electrons. The van der Waals surface area contributed by atoms with E-state index in [1.54, 1.807) is 17.5 Å². The third-order valence-electron chi connectivity index (χ3n) is 3.34. The van der Waals surface area contributed by atoms with E-state index in [4.69, 9.17) is 0 Å². The molecule has 1 fully saturated rings. The minimum Gasteiger partial charge on any atom is -0.335 e. The predicted octanol–water partition coefficient (Wildman–Crippen LogP) is 1.72. The average molecular weight is 364 g/mol. The number of amides is 3. The first kappa shape index (κ1) is 16.7. The summed E-state index contributed by atoms with van der Waals surface area (Å²) in [7, 11) is 0. The molecule has 1 saturated carbocycles. The number of thioether (sulfide) groups is 1. The maximum Gasteiger partial charge on any atom is 0.321 e. The highest BCUT2D eigenvalue weighted by Gasteiger charge is 2.24. The Labute approximate surface area is 146 Å². The van der Waals surface area contributed by atoms with E-state index in [2.05, 4.69) is 22.2 Å². The van der Waals surface area contributed by atoms with Gasteiger partial charge in [0.25, 0.3) is 5.56 Å². The Kier molecular flexibility index (Phi) is 5.00. The predicted molar refractivity (Wildman–Crippen MR) is 94.5 cm³/mol. The fraction of sp³-hybridized carbons (Fsp3) is 0.333. The Morgan fingerprint density at radius 1 is 1.50 bits per heavy atom. The standard InChI is InChI=1S/C15H16N4O3S2/c1-2-6-19-13(21)12-10(5-7-23-12)17-15(19)24-8-11(20)18-14(22)16-9-3-4-9/h2,5,7,9H,1,3-4,6,8H2,(H2,16,18,20,22). The lowest BCUT2D eigenvalue weighted by Gasteiger charge is -2.10. The number of imide groups is 1. The molecular formula is C15H16N4O3S2. The maximum absolute atomic E-state index is 12.5. The summed E-state index contributed by atoms with van der Waals surface area (Å²) in [5, 5.41) is 7.20. The van der Waals surface area contributed by atoms with E-state index >= 15 is 0 Å². The molecule has 0 saturated heterocycles. The number of nitrogens with one attached hydrogen (secondary N) is 2. The molecule has 2 aromatic heterocycles. The van der Waals surface area contributed by atoms with Crippen LogP contribution in [0.1, 0.15) is 12.8 Å². The monoisotopic (exact) mass is 364 g/mol.